The standard InChI is InChI=1S/C12H13ClN2O3S/c13-10-2-1-9(8-14)12(7-10)15-19(16,17)11-3-5-18-6-4-11/h1-2,7,11,15H,3-6H2. The van der Waals surface area contributed by atoms with Crippen LogP contribution < -0.4 is 4.72 Å². The van der Waals surface area contributed by atoms with Gasteiger partial charge >= 0.3 is 0 Å². The summed E-state index contributed by atoms with van der Waals surface area (Å²) in [7, 11) is -3.53. The SMILES string of the molecule is N#Cc1ccc(Cl)cc1NS(=O)(=O)C1CCOCC1. The molecule has 1 aromatic carbocycles. The van der Waals surface area contributed by atoms with E-state index in [0.717, 1.165) is 0 Å². The van der Waals surface area contributed by atoms with Crippen molar-refractivity contribution in [1.82, 2.24) is 0 Å². The molecule has 0 saturated carbocycles. The molecular formula is C12H13ClN2O3S. The van der Waals surface area contributed by atoms with Crippen LogP contribution in [0.3, 0.4) is 0 Å². The third-order valence-corrected chi connectivity index (χ3v) is 5.05. The van der Waals surface area contributed by atoms with E-state index < -0.39 is 15.3 Å². The number of ether oxygens (including phenoxy) is 1. The van der Waals surface area contributed by atoms with Crippen LogP contribution in [0.1, 0.15) is 18.4 Å². The summed E-state index contributed by atoms with van der Waals surface area (Å²) in [5.74, 6) is 0. The summed E-state index contributed by atoms with van der Waals surface area (Å²) in [6.07, 6.45) is 0.912. The zero-order chi connectivity index (χ0) is 13.9. The lowest BCUT2D eigenvalue weighted by Crippen LogP contribution is -2.33. The number of nitrogens with one attached hydrogen (secondary N) is 1. The average molecular weight is 301 g/mol. The van der Waals surface area contributed by atoms with E-state index in [0.29, 0.717) is 31.1 Å². The van der Waals surface area contributed by atoms with E-state index >= 15 is 0 Å². The van der Waals surface area contributed by atoms with Gasteiger partial charge in [-0.2, -0.15) is 5.26 Å². The van der Waals surface area contributed by atoms with Crippen LogP contribution in [0.5, 0.6) is 0 Å². The molecule has 1 aliphatic rings. The molecule has 0 aromatic heterocycles. The van der Waals surface area contributed by atoms with Gasteiger partial charge in [-0.15, -0.1) is 0 Å². The van der Waals surface area contributed by atoms with Crippen molar-refractivity contribution in [2.45, 2.75) is 18.1 Å². The molecule has 7 heteroatoms. The number of rotatable bonds is 3. The summed E-state index contributed by atoms with van der Waals surface area (Å²) in [4.78, 5) is 0. The number of nitriles is 1. The van der Waals surface area contributed by atoms with Crippen molar-refractivity contribution in [2.75, 3.05) is 17.9 Å². The van der Waals surface area contributed by atoms with Gasteiger partial charge in [-0.25, -0.2) is 8.42 Å². The second kappa shape index (κ2) is 5.78. The summed E-state index contributed by atoms with van der Waals surface area (Å²) in [6, 6.07) is 6.42. The van der Waals surface area contributed by atoms with Crippen LogP contribution in [0.25, 0.3) is 0 Å². The molecule has 0 amide bonds. The molecular weight excluding hydrogens is 288 g/mol. The zero-order valence-electron chi connectivity index (χ0n) is 10.1. The van der Waals surface area contributed by atoms with E-state index in [4.69, 9.17) is 21.6 Å². The van der Waals surface area contributed by atoms with Crippen LogP contribution in [0.2, 0.25) is 5.02 Å². The Morgan fingerprint density at radius 3 is 2.68 bits per heavy atom. The molecule has 19 heavy (non-hydrogen) atoms. The molecule has 1 heterocycles. The van der Waals surface area contributed by atoms with Gasteiger partial charge in [0, 0.05) is 18.2 Å². The number of halogens is 1. The van der Waals surface area contributed by atoms with Gasteiger partial charge in [-0.1, -0.05) is 11.6 Å². The minimum absolute atomic E-state index is 0.224. The van der Waals surface area contributed by atoms with E-state index in [9.17, 15) is 8.42 Å². The minimum Gasteiger partial charge on any atom is -0.381 e. The van der Waals surface area contributed by atoms with Crippen LogP contribution in [0.4, 0.5) is 5.69 Å². The monoisotopic (exact) mass is 300 g/mol. The lowest BCUT2D eigenvalue weighted by atomic mass is 10.2. The smallest absolute Gasteiger partial charge is 0.235 e. The average Bonchev–Trinajstić information content (AvgIpc) is 2.39. The fourth-order valence-corrected chi connectivity index (χ4v) is 3.55. The highest BCUT2D eigenvalue weighted by Gasteiger charge is 2.28. The van der Waals surface area contributed by atoms with Gasteiger partial charge < -0.3 is 4.74 Å². The predicted molar refractivity (Wildman–Crippen MR) is 72.6 cm³/mol. The maximum absolute atomic E-state index is 12.2. The zero-order valence-corrected chi connectivity index (χ0v) is 11.7. The Kier molecular flexibility index (Phi) is 4.30. The van der Waals surface area contributed by atoms with Crippen molar-refractivity contribution in [2.24, 2.45) is 0 Å². The molecule has 1 fully saturated rings. The van der Waals surface area contributed by atoms with Gasteiger partial charge in [0.1, 0.15) is 6.07 Å². The summed E-state index contributed by atoms with van der Waals surface area (Å²) < 4.78 is 32.0. The van der Waals surface area contributed by atoms with Crippen LogP contribution in [-0.4, -0.2) is 26.9 Å². The Morgan fingerprint density at radius 1 is 1.37 bits per heavy atom. The number of sulfonamides is 1. The van der Waals surface area contributed by atoms with Crippen molar-refractivity contribution in [1.29, 1.82) is 5.26 Å². The Balaban J connectivity index is 2.25. The molecule has 2 rings (SSSR count). The largest absolute Gasteiger partial charge is 0.381 e. The van der Waals surface area contributed by atoms with Crippen molar-refractivity contribution < 1.29 is 13.2 Å². The number of anilines is 1. The van der Waals surface area contributed by atoms with Crippen molar-refractivity contribution in [3.8, 4) is 6.07 Å². The highest BCUT2D eigenvalue weighted by molar-refractivity contribution is 7.93. The normalized spacial score (nSPS) is 16.8. The number of hydrogen-bond donors (Lipinski definition) is 1. The Bertz CT molecular complexity index is 604. The number of benzene rings is 1. The molecule has 0 unspecified atom stereocenters. The van der Waals surface area contributed by atoms with Crippen LogP contribution in [-0.2, 0) is 14.8 Å². The molecule has 102 valence electrons. The molecule has 1 aliphatic heterocycles. The van der Waals surface area contributed by atoms with Gasteiger partial charge in [-0.05, 0) is 31.0 Å². The van der Waals surface area contributed by atoms with Gasteiger partial charge in [0.15, 0.2) is 0 Å². The first kappa shape index (κ1) is 14.1. The van der Waals surface area contributed by atoms with E-state index in [2.05, 4.69) is 4.72 Å². The summed E-state index contributed by atoms with van der Waals surface area (Å²) in [6.45, 7) is 0.873. The fraction of sp³-hybridized carbons (Fsp3) is 0.417. The fourth-order valence-electron chi connectivity index (χ4n) is 1.92. The first-order chi connectivity index (χ1) is 9.03. The maximum Gasteiger partial charge on any atom is 0.235 e. The molecule has 0 atom stereocenters. The topological polar surface area (TPSA) is 79.2 Å². The van der Waals surface area contributed by atoms with Crippen LogP contribution >= 0.6 is 11.6 Å². The van der Waals surface area contributed by atoms with E-state index in [1.807, 2.05) is 6.07 Å². The number of hydrogen-bond acceptors (Lipinski definition) is 4. The van der Waals surface area contributed by atoms with E-state index in [-0.39, 0.29) is 11.3 Å². The molecule has 5 nitrogen and oxygen atoms in total. The van der Waals surface area contributed by atoms with Crippen molar-refractivity contribution >= 4 is 27.3 Å². The van der Waals surface area contributed by atoms with Crippen LogP contribution in [0.15, 0.2) is 18.2 Å². The lowest BCUT2D eigenvalue weighted by molar-refractivity contribution is 0.0984. The molecule has 1 N–H and O–H groups in total. The Hall–Kier alpha value is -1.29. The summed E-state index contributed by atoms with van der Waals surface area (Å²) in [5.41, 5.74) is 0.474. The number of nitrogens with zero attached hydrogens (tertiary/aromatic N) is 1. The minimum atomic E-state index is -3.53. The highest BCUT2D eigenvalue weighted by atomic mass is 35.5. The third kappa shape index (κ3) is 3.38. The third-order valence-electron chi connectivity index (χ3n) is 2.96. The maximum atomic E-state index is 12.2. The molecule has 1 aromatic rings. The van der Waals surface area contributed by atoms with Crippen molar-refractivity contribution in [3.63, 3.8) is 0 Å². The van der Waals surface area contributed by atoms with Gasteiger partial charge in [-0.3, -0.25) is 4.72 Å². The van der Waals surface area contributed by atoms with Crippen molar-refractivity contribution in [3.05, 3.63) is 28.8 Å². The van der Waals surface area contributed by atoms with Gasteiger partial charge in [0.05, 0.1) is 16.5 Å². The van der Waals surface area contributed by atoms with E-state index in [1.165, 1.54) is 12.1 Å². The van der Waals surface area contributed by atoms with Gasteiger partial charge in [0.25, 0.3) is 0 Å². The highest BCUT2D eigenvalue weighted by Crippen LogP contribution is 2.24. The predicted octanol–water partition coefficient (Wildman–Crippen LogP) is 2.13. The van der Waals surface area contributed by atoms with Gasteiger partial charge in [0.2, 0.25) is 10.0 Å². The Morgan fingerprint density at radius 2 is 2.05 bits per heavy atom. The summed E-state index contributed by atoms with van der Waals surface area (Å²) >= 11 is 5.82. The second-order valence-corrected chi connectivity index (χ2v) is 6.66. The first-order valence-electron chi connectivity index (χ1n) is 5.82. The molecule has 0 aliphatic carbocycles. The van der Waals surface area contributed by atoms with E-state index in [1.54, 1.807) is 6.07 Å². The Labute approximate surface area is 117 Å². The molecule has 0 spiro atoms. The van der Waals surface area contributed by atoms with Crippen LogP contribution in [0, 0.1) is 11.3 Å². The summed E-state index contributed by atoms with van der Waals surface area (Å²) in [5, 5.41) is 8.85. The molecule has 0 radical (unpaired) electrons. The molecule has 0 bridgehead atoms. The lowest BCUT2D eigenvalue weighted by Gasteiger charge is -2.23. The quantitative estimate of drug-likeness (QED) is 0.927. The molecule has 1 saturated heterocycles. The first-order valence-corrected chi connectivity index (χ1v) is 7.74. The second-order valence-electron chi connectivity index (χ2n) is 4.26.